The van der Waals surface area contributed by atoms with Crippen LogP contribution in [0.2, 0.25) is 0 Å². The van der Waals surface area contributed by atoms with E-state index in [1.54, 1.807) is 14.2 Å². The molecule has 4 heteroatoms. The third kappa shape index (κ3) is 6.36. The zero-order valence-electron chi connectivity index (χ0n) is 12.3. The Morgan fingerprint density at radius 1 is 1.00 bits per heavy atom. The first-order valence-electron chi connectivity index (χ1n) is 6.53. The maximum absolute atomic E-state index is 5.16. The maximum Gasteiger partial charge on any atom is 0.169 e. The van der Waals surface area contributed by atoms with Gasteiger partial charge in [-0.25, -0.2) is 0 Å². The van der Waals surface area contributed by atoms with Gasteiger partial charge in [0.2, 0.25) is 0 Å². The Balaban J connectivity index is 4.09. The summed E-state index contributed by atoms with van der Waals surface area (Å²) in [7, 11) is 7.63. The molecule has 0 radical (unpaired) electrons. The van der Waals surface area contributed by atoms with Crippen LogP contribution in [0.25, 0.3) is 0 Å². The SMILES string of the molecule is CCC(CC)C(CNCC(OC)OC)N(C)C. The van der Waals surface area contributed by atoms with E-state index < -0.39 is 0 Å². The Morgan fingerprint density at radius 3 is 1.88 bits per heavy atom. The number of likely N-dealkylation sites (N-methyl/N-ethyl adjacent to an activating group) is 1. The van der Waals surface area contributed by atoms with Crippen LogP contribution in [0.3, 0.4) is 0 Å². The summed E-state index contributed by atoms with van der Waals surface area (Å²) >= 11 is 0. The van der Waals surface area contributed by atoms with E-state index in [1.165, 1.54) is 12.8 Å². The average Bonchev–Trinajstić information content (AvgIpc) is 2.33. The van der Waals surface area contributed by atoms with E-state index in [1.807, 2.05) is 0 Å². The minimum Gasteiger partial charge on any atom is -0.355 e. The number of hydrogen-bond acceptors (Lipinski definition) is 4. The molecule has 1 atom stereocenters. The zero-order valence-corrected chi connectivity index (χ0v) is 12.3. The van der Waals surface area contributed by atoms with Gasteiger partial charge >= 0.3 is 0 Å². The Hall–Kier alpha value is -0.160. The number of rotatable bonds is 10. The normalized spacial score (nSPS) is 13.9. The highest BCUT2D eigenvalue weighted by Gasteiger charge is 2.20. The lowest BCUT2D eigenvalue weighted by Gasteiger charge is -2.32. The van der Waals surface area contributed by atoms with Gasteiger partial charge in [-0.2, -0.15) is 0 Å². The summed E-state index contributed by atoms with van der Waals surface area (Å²) < 4.78 is 10.3. The monoisotopic (exact) mass is 246 g/mol. The fourth-order valence-electron chi connectivity index (χ4n) is 2.22. The highest BCUT2D eigenvalue weighted by atomic mass is 16.7. The van der Waals surface area contributed by atoms with Gasteiger partial charge in [0.1, 0.15) is 0 Å². The molecule has 0 rings (SSSR count). The quantitative estimate of drug-likeness (QED) is 0.593. The first-order valence-corrected chi connectivity index (χ1v) is 6.53. The third-order valence-corrected chi connectivity index (χ3v) is 3.45. The van der Waals surface area contributed by atoms with Crippen molar-refractivity contribution < 1.29 is 9.47 Å². The molecule has 0 heterocycles. The van der Waals surface area contributed by atoms with Crippen LogP contribution in [0.15, 0.2) is 0 Å². The number of nitrogens with zero attached hydrogens (tertiary/aromatic N) is 1. The van der Waals surface area contributed by atoms with Gasteiger partial charge in [-0.05, 0) is 20.0 Å². The van der Waals surface area contributed by atoms with Gasteiger partial charge < -0.3 is 19.7 Å². The smallest absolute Gasteiger partial charge is 0.169 e. The van der Waals surface area contributed by atoms with Crippen LogP contribution in [0.1, 0.15) is 26.7 Å². The van der Waals surface area contributed by atoms with Gasteiger partial charge in [0.05, 0.1) is 0 Å². The number of methoxy groups -OCH3 is 2. The van der Waals surface area contributed by atoms with Crippen LogP contribution in [0, 0.1) is 5.92 Å². The van der Waals surface area contributed by atoms with E-state index in [2.05, 4.69) is 38.2 Å². The van der Waals surface area contributed by atoms with Crippen LogP contribution >= 0.6 is 0 Å². The zero-order chi connectivity index (χ0) is 13.3. The van der Waals surface area contributed by atoms with Crippen molar-refractivity contribution in [3.05, 3.63) is 0 Å². The predicted octanol–water partition coefficient (Wildman–Crippen LogP) is 1.56. The lowest BCUT2D eigenvalue weighted by Crippen LogP contribution is -2.45. The van der Waals surface area contributed by atoms with Gasteiger partial charge in [0.15, 0.2) is 6.29 Å². The molecule has 4 nitrogen and oxygen atoms in total. The molecule has 0 saturated carbocycles. The third-order valence-electron chi connectivity index (χ3n) is 3.45. The van der Waals surface area contributed by atoms with Gasteiger partial charge in [-0.3, -0.25) is 0 Å². The van der Waals surface area contributed by atoms with Crippen molar-refractivity contribution in [3.8, 4) is 0 Å². The Morgan fingerprint density at radius 2 is 1.53 bits per heavy atom. The molecule has 0 aliphatic heterocycles. The first-order chi connectivity index (χ1) is 8.10. The van der Waals surface area contributed by atoms with Crippen molar-refractivity contribution in [2.45, 2.75) is 39.0 Å². The van der Waals surface area contributed by atoms with Crippen molar-refractivity contribution >= 4 is 0 Å². The largest absolute Gasteiger partial charge is 0.355 e. The Bertz CT molecular complexity index is 169. The highest BCUT2D eigenvalue weighted by molar-refractivity contribution is 4.77. The maximum atomic E-state index is 5.16. The van der Waals surface area contributed by atoms with Crippen LogP contribution in [0.4, 0.5) is 0 Å². The summed E-state index contributed by atoms with van der Waals surface area (Å²) in [4.78, 5) is 2.30. The van der Waals surface area contributed by atoms with Crippen molar-refractivity contribution in [2.75, 3.05) is 41.4 Å². The summed E-state index contributed by atoms with van der Waals surface area (Å²) in [5.41, 5.74) is 0. The van der Waals surface area contributed by atoms with E-state index >= 15 is 0 Å². The molecular weight excluding hydrogens is 216 g/mol. The van der Waals surface area contributed by atoms with Crippen LogP contribution < -0.4 is 5.32 Å². The number of hydrogen-bond donors (Lipinski definition) is 1. The van der Waals surface area contributed by atoms with Crippen molar-refractivity contribution in [1.29, 1.82) is 0 Å². The lowest BCUT2D eigenvalue weighted by atomic mass is 9.93. The molecule has 0 spiro atoms. The lowest BCUT2D eigenvalue weighted by molar-refractivity contribution is -0.0992. The topological polar surface area (TPSA) is 33.7 Å². The van der Waals surface area contributed by atoms with E-state index in [0.717, 1.165) is 19.0 Å². The van der Waals surface area contributed by atoms with Gasteiger partial charge in [0.25, 0.3) is 0 Å². The van der Waals surface area contributed by atoms with Crippen molar-refractivity contribution in [2.24, 2.45) is 5.92 Å². The molecule has 0 aromatic heterocycles. The molecule has 104 valence electrons. The van der Waals surface area contributed by atoms with Gasteiger partial charge in [-0.15, -0.1) is 0 Å². The molecule has 0 fully saturated rings. The fourth-order valence-corrected chi connectivity index (χ4v) is 2.22. The molecule has 0 aliphatic rings. The Labute approximate surface area is 107 Å². The highest BCUT2D eigenvalue weighted by Crippen LogP contribution is 2.16. The molecular formula is C13H30N2O2. The molecule has 1 N–H and O–H groups in total. The summed E-state index contributed by atoms with van der Waals surface area (Å²) in [6, 6.07) is 0.569. The Kier molecular flexibility index (Phi) is 9.74. The van der Waals surface area contributed by atoms with E-state index in [0.29, 0.717) is 6.04 Å². The second-order valence-corrected chi connectivity index (χ2v) is 4.67. The standard InChI is InChI=1S/C13H30N2O2/c1-7-11(8-2)12(15(3)4)9-14-10-13(16-5)17-6/h11-14H,7-10H2,1-6H3. The summed E-state index contributed by atoms with van der Waals surface area (Å²) in [5, 5.41) is 3.43. The van der Waals surface area contributed by atoms with E-state index in [4.69, 9.17) is 9.47 Å². The minimum atomic E-state index is -0.153. The van der Waals surface area contributed by atoms with Crippen LogP contribution in [-0.2, 0) is 9.47 Å². The second kappa shape index (κ2) is 9.83. The molecule has 1 unspecified atom stereocenters. The second-order valence-electron chi connectivity index (χ2n) is 4.67. The van der Waals surface area contributed by atoms with Crippen LogP contribution in [-0.4, -0.2) is 58.6 Å². The molecule has 0 bridgehead atoms. The number of nitrogens with one attached hydrogen (secondary N) is 1. The van der Waals surface area contributed by atoms with E-state index in [9.17, 15) is 0 Å². The van der Waals surface area contributed by atoms with E-state index in [-0.39, 0.29) is 6.29 Å². The molecule has 17 heavy (non-hydrogen) atoms. The van der Waals surface area contributed by atoms with Gasteiger partial charge in [-0.1, -0.05) is 26.7 Å². The molecule has 0 aromatic rings. The van der Waals surface area contributed by atoms with Crippen LogP contribution in [0.5, 0.6) is 0 Å². The van der Waals surface area contributed by atoms with Crippen molar-refractivity contribution in [3.63, 3.8) is 0 Å². The first kappa shape index (κ1) is 16.8. The summed E-state index contributed by atoms with van der Waals surface area (Å²) in [6.07, 6.45) is 2.29. The molecule has 0 aromatic carbocycles. The predicted molar refractivity (Wildman–Crippen MR) is 72.2 cm³/mol. The molecule has 0 saturated heterocycles. The molecule has 0 aliphatic carbocycles. The minimum absolute atomic E-state index is 0.153. The average molecular weight is 246 g/mol. The van der Waals surface area contributed by atoms with Gasteiger partial charge in [0, 0.05) is 33.4 Å². The summed E-state index contributed by atoms with van der Waals surface area (Å²) in [6.45, 7) is 6.23. The number of ether oxygens (including phenoxy) is 2. The van der Waals surface area contributed by atoms with Crippen molar-refractivity contribution in [1.82, 2.24) is 10.2 Å². The molecule has 0 amide bonds. The summed E-state index contributed by atoms with van der Waals surface area (Å²) in [5.74, 6) is 0.737. The fraction of sp³-hybridized carbons (Fsp3) is 1.00.